The summed E-state index contributed by atoms with van der Waals surface area (Å²) in [4.78, 5) is 20.5. The van der Waals surface area contributed by atoms with Gasteiger partial charge in [0.2, 0.25) is 5.91 Å². The van der Waals surface area contributed by atoms with Gasteiger partial charge in [0.1, 0.15) is 0 Å². The maximum Gasteiger partial charge on any atom is 0.247 e. The van der Waals surface area contributed by atoms with Crippen LogP contribution in [0.5, 0.6) is 0 Å². The molecule has 0 spiro atoms. The molecule has 2 aliphatic rings. The number of carbonyl (C=O) groups excluding carboxylic acids is 1. The number of hydrogen-bond donors (Lipinski definition) is 0. The molecule has 2 atom stereocenters. The van der Waals surface area contributed by atoms with Crippen molar-refractivity contribution in [2.45, 2.75) is 45.4 Å². The predicted molar refractivity (Wildman–Crippen MR) is 114 cm³/mol. The number of rotatable bonds is 5. The highest BCUT2D eigenvalue weighted by Gasteiger charge is 2.49. The molecule has 148 valence electrons. The van der Waals surface area contributed by atoms with Crippen LogP contribution in [0.15, 0.2) is 23.2 Å². The number of sulfone groups is 1. The Morgan fingerprint density at radius 3 is 2.56 bits per heavy atom. The molecule has 0 N–H and O–H groups in total. The number of nitrogens with zero attached hydrogens (tertiary/aromatic N) is 3. The van der Waals surface area contributed by atoms with Crippen LogP contribution >= 0.6 is 11.8 Å². The molecule has 0 saturated carbocycles. The number of amides is 1. The Morgan fingerprint density at radius 2 is 1.96 bits per heavy atom. The molecule has 8 heteroatoms. The number of fused-ring (bicyclic) bond motifs is 1. The highest BCUT2D eigenvalue weighted by Crippen LogP contribution is 2.42. The van der Waals surface area contributed by atoms with E-state index in [1.165, 1.54) is 11.8 Å². The Balaban J connectivity index is 2.02. The first kappa shape index (κ1) is 20.2. The molecule has 2 fully saturated rings. The molecule has 1 aromatic rings. The highest BCUT2D eigenvalue weighted by atomic mass is 32.2. The van der Waals surface area contributed by atoms with Crippen LogP contribution in [-0.4, -0.2) is 55.4 Å². The fraction of sp³-hybridized carbons (Fsp3) is 0.579. The lowest BCUT2D eigenvalue weighted by Crippen LogP contribution is -2.38. The number of anilines is 2. The fourth-order valence-corrected chi connectivity index (χ4v) is 7.65. The topological polar surface area (TPSA) is 70.0 Å². The second kappa shape index (κ2) is 7.83. The Labute approximate surface area is 165 Å². The van der Waals surface area contributed by atoms with Crippen molar-refractivity contribution in [1.82, 2.24) is 0 Å². The van der Waals surface area contributed by atoms with Crippen molar-refractivity contribution in [2.24, 2.45) is 4.99 Å². The van der Waals surface area contributed by atoms with Crippen LogP contribution in [0.1, 0.15) is 32.8 Å². The number of thioether (sulfide) groups is 1. The number of benzene rings is 1. The van der Waals surface area contributed by atoms with Crippen LogP contribution in [-0.2, 0) is 14.6 Å². The van der Waals surface area contributed by atoms with Gasteiger partial charge < -0.3 is 9.80 Å². The van der Waals surface area contributed by atoms with Gasteiger partial charge in [-0.15, -0.1) is 0 Å². The molecule has 2 saturated heterocycles. The van der Waals surface area contributed by atoms with Crippen LogP contribution < -0.4 is 9.80 Å². The van der Waals surface area contributed by atoms with E-state index in [4.69, 9.17) is 0 Å². The third-order valence-electron chi connectivity index (χ3n) is 5.16. The van der Waals surface area contributed by atoms with Crippen LogP contribution in [0.4, 0.5) is 11.4 Å². The van der Waals surface area contributed by atoms with Gasteiger partial charge in [0.05, 0.1) is 17.5 Å². The largest absolute Gasteiger partial charge is 0.372 e. The monoisotopic (exact) mass is 409 g/mol. The zero-order chi connectivity index (χ0) is 19.8. The second-order valence-corrected chi connectivity index (χ2v) is 10.3. The summed E-state index contributed by atoms with van der Waals surface area (Å²) >= 11 is 1.42. The van der Waals surface area contributed by atoms with Crippen molar-refractivity contribution in [3.05, 3.63) is 23.8 Å². The van der Waals surface area contributed by atoms with E-state index in [1.807, 2.05) is 17.9 Å². The average molecular weight is 410 g/mol. The number of amidine groups is 1. The summed E-state index contributed by atoms with van der Waals surface area (Å²) in [6.07, 6.45) is 0.339. The SMILES string of the molecule is CCC(=O)N=C1S[C@H]2CS(=O)(=O)C[C@@H]2N1c1ccc(N(CC)CC)cc1C. The molecule has 2 heterocycles. The maximum atomic E-state index is 12.2. The smallest absolute Gasteiger partial charge is 0.247 e. The van der Waals surface area contributed by atoms with Gasteiger partial charge in [0, 0.05) is 36.1 Å². The van der Waals surface area contributed by atoms with E-state index in [2.05, 4.69) is 35.9 Å². The minimum atomic E-state index is -3.06. The summed E-state index contributed by atoms with van der Waals surface area (Å²) in [6, 6.07) is 6.06. The Morgan fingerprint density at radius 1 is 1.26 bits per heavy atom. The van der Waals surface area contributed by atoms with Crippen molar-refractivity contribution in [3.8, 4) is 0 Å². The quantitative estimate of drug-likeness (QED) is 0.745. The first-order valence-corrected chi connectivity index (χ1v) is 12.1. The van der Waals surface area contributed by atoms with Gasteiger partial charge in [-0.25, -0.2) is 8.42 Å². The second-order valence-electron chi connectivity index (χ2n) is 6.96. The molecule has 6 nitrogen and oxygen atoms in total. The number of hydrogen-bond acceptors (Lipinski definition) is 5. The van der Waals surface area contributed by atoms with Gasteiger partial charge in [-0.3, -0.25) is 4.79 Å². The van der Waals surface area contributed by atoms with Crippen LogP contribution in [0, 0.1) is 6.92 Å². The standard InChI is InChI=1S/C19H27N3O3S2/c1-5-18(23)20-19-22(16-11-27(24,25)12-17(16)26-19)15-9-8-14(10-13(15)4)21(6-2)7-3/h8-10,16-17H,5-7,11-12H2,1-4H3/t16-,17-/m0/s1. The lowest BCUT2D eigenvalue weighted by Gasteiger charge is -2.28. The molecule has 1 aromatic carbocycles. The summed E-state index contributed by atoms with van der Waals surface area (Å²) in [5.74, 6) is 0.0819. The van der Waals surface area contributed by atoms with Crippen molar-refractivity contribution in [1.29, 1.82) is 0 Å². The minimum Gasteiger partial charge on any atom is -0.372 e. The van der Waals surface area contributed by atoms with E-state index in [0.29, 0.717) is 11.6 Å². The van der Waals surface area contributed by atoms with Gasteiger partial charge >= 0.3 is 0 Å². The van der Waals surface area contributed by atoms with Gasteiger partial charge in [-0.05, 0) is 44.5 Å². The summed E-state index contributed by atoms with van der Waals surface area (Å²) in [5.41, 5.74) is 3.14. The average Bonchev–Trinajstić information content (AvgIpc) is 3.07. The van der Waals surface area contributed by atoms with Crippen molar-refractivity contribution in [2.75, 3.05) is 34.4 Å². The normalized spacial score (nSPS) is 25.0. The molecule has 0 radical (unpaired) electrons. The summed E-state index contributed by atoms with van der Waals surface area (Å²) in [6.45, 7) is 9.91. The first-order chi connectivity index (χ1) is 12.8. The van der Waals surface area contributed by atoms with Crippen LogP contribution in [0.2, 0.25) is 0 Å². The van der Waals surface area contributed by atoms with Gasteiger partial charge in [-0.1, -0.05) is 18.7 Å². The van der Waals surface area contributed by atoms with E-state index >= 15 is 0 Å². The van der Waals surface area contributed by atoms with Crippen LogP contribution in [0.3, 0.4) is 0 Å². The van der Waals surface area contributed by atoms with E-state index in [9.17, 15) is 13.2 Å². The van der Waals surface area contributed by atoms with E-state index < -0.39 is 9.84 Å². The highest BCUT2D eigenvalue weighted by molar-refractivity contribution is 8.16. The van der Waals surface area contributed by atoms with Gasteiger partial charge in [-0.2, -0.15) is 4.99 Å². The zero-order valence-electron chi connectivity index (χ0n) is 16.3. The third kappa shape index (κ3) is 4.01. The third-order valence-corrected chi connectivity index (χ3v) is 8.37. The molecule has 0 unspecified atom stereocenters. The summed E-state index contributed by atoms with van der Waals surface area (Å²) < 4.78 is 24.3. The minimum absolute atomic E-state index is 0.0692. The lowest BCUT2D eigenvalue weighted by atomic mass is 10.1. The Bertz CT molecular complexity index is 863. The van der Waals surface area contributed by atoms with E-state index in [0.717, 1.165) is 30.0 Å². The number of aryl methyl sites for hydroxylation is 1. The molecular formula is C19H27N3O3S2. The van der Waals surface area contributed by atoms with Crippen molar-refractivity contribution >= 4 is 44.0 Å². The lowest BCUT2D eigenvalue weighted by molar-refractivity contribution is -0.117. The molecule has 0 aliphatic carbocycles. The Kier molecular flexibility index (Phi) is 5.86. The number of aliphatic imine (C=N–C) groups is 1. The molecule has 0 aromatic heterocycles. The summed E-state index contributed by atoms with van der Waals surface area (Å²) in [5, 5.41) is 0.561. The van der Waals surface area contributed by atoms with Crippen molar-refractivity contribution in [3.63, 3.8) is 0 Å². The fourth-order valence-electron chi connectivity index (χ4n) is 3.73. The van der Waals surface area contributed by atoms with Crippen molar-refractivity contribution < 1.29 is 13.2 Å². The number of carbonyl (C=O) groups is 1. The van der Waals surface area contributed by atoms with E-state index in [-0.39, 0.29) is 28.7 Å². The zero-order valence-corrected chi connectivity index (χ0v) is 17.9. The van der Waals surface area contributed by atoms with Gasteiger partial charge in [0.25, 0.3) is 0 Å². The first-order valence-electron chi connectivity index (χ1n) is 9.43. The molecular weight excluding hydrogens is 382 g/mol. The van der Waals surface area contributed by atoms with Gasteiger partial charge in [0.15, 0.2) is 15.0 Å². The molecule has 1 amide bonds. The van der Waals surface area contributed by atoms with E-state index in [1.54, 1.807) is 6.92 Å². The molecule has 0 bridgehead atoms. The van der Waals surface area contributed by atoms with Crippen LogP contribution in [0.25, 0.3) is 0 Å². The predicted octanol–water partition coefficient (Wildman–Crippen LogP) is 2.85. The Hall–Kier alpha value is -1.54. The maximum absolute atomic E-state index is 12.2. The molecule has 2 aliphatic heterocycles. The summed E-state index contributed by atoms with van der Waals surface area (Å²) in [7, 11) is -3.06. The molecule has 27 heavy (non-hydrogen) atoms. The molecule has 3 rings (SSSR count).